The number of aryl methyl sites for hydroxylation is 2. The van der Waals surface area contributed by atoms with Crippen LogP contribution in [-0.4, -0.2) is 40.0 Å². The molecule has 0 amide bonds. The van der Waals surface area contributed by atoms with Crippen LogP contribution in [0.4, 0.5) is 11.4 Å². The standard InChI is InChI=1S/C23H22N4O4/c1-25-11-10-24-22(25)21(28)17-6-7-19(20(14-17)27(29)30)26-12-13-31-23(15-26)9-8-16-4-2-3-5-18(16)23/h2-7,10-11,14H,8-9,12-13,15H2,1H3. The summed E-state index contributed by atoms with van der Waals surface area (Å²) in [7, 11) is 1.72. The molecular formula is C23H22N4O4. The molecule has 0 N–H and O–H groups in total. The van der Waals surface area contributed by atoms with Crippen molar-refractivity contribution in [3.8, 4) is 0 Å². The van der Waals surface area contributed by atoms with Crippen LogP contribution < -0.4 is 4.90 Å². The summed E-state index contributed by atoms with van der Waals surface area (Å²) in [5.74, 6) is -0.0970. The number of nitrogens with zero attached hydrogens (tertiary/aromatic N) is 4. The van der Waals surface area contributed by atoms with Crippen LogP contribution in [0.1, 0.15) is 33.7 Å². The smallest absolute Gasteiger partial charge is 0.293 e. The average Bonchev–Trinajstić information content (AvgIpc) is 3.37. The normalized spacial score (nSPS) is 20.1. The van der Waals surface area contributed by atoms with E-state index in [1.807, 2.05) is 17.0 Å². The molecule has 0 radical (unpaired) electrons. The molecule has 1 aliphatic heterocycles. The fraction of sp³-hybridized carbons (Fsp3) is 0.304. The SMILES string of the molecule is Cn1ccnc1C(=O)c1ccc(N2CCOC3(CCc4ccccc43)C2)c([N+](=O)[O-])c1. The molecule has 0 saturated carbocycles. The number of nitro benzene ring substituents is 1. The number of aromatic nitrogens is 2. The Balaban J connectivity index is 1.50. The Labute approximate surface area is 179 Å². The van der Waals surface area contributed by atoms with Gasteiger partial charge in [0.1, 0.15) is 11.3 Å². The maximum atomic E-state index is 12.8. The van der Waals surface area contributed by atoms with E-state index in [0.29, 0.717) is 25.4 Å². The molecule has 1 unspecified atom stereocenters. The van der Waals surface area contributed by atoms with Crippen LogP contribution in [0.2, 0.25) is 0 Å². The van der Waals surface area contributed by atoms with Crippen LogP contribution in [0.5, 0.6) is 0 Å². The van der Waals surface area contributed by atoms with Crippen LogP contribution in [0.25, 0.3) is 0 Å². The number of rotatable bonds is 4. The van der Waals surface area contributed by atoms with Gasteiger partial charge in [-0.1, -0.05) is 24.3 Å². The van der Waals surface area contributed by atoms with Crippen molar-refractivity contribution < 1.29 is 14.5 Å². The predicted octanol–water partition coefficient (Wildman–Crippen LogP) is 3.24. The molecular weight excluding hydrogens is 396 g/mol. The highest BCUT2D eigenvalue weighted by Crippen LogP contribution is 2.44. The topological polar surface area (TPSA) is 90.5 Å². The van der Waals surface area contributed by atoms with E-state index >= 15 is 0 Å². The van der Waals surface area contributed by atoms with E-state index < -0.39 is 10.5 Å². The van der Waals surface area contributed by atoms with E-state index in [9.17, 15) is 14.9 Å². The molecule has 2 heterocycles. The van der Waals surface area contributed by atoms with Gasteiger partial charge in [0, 0.05) is 37.6 Å². The van der Waals surface area contributed by atoms with Gasteiger partial charge >= 0.3 is 0 Å². The quantitative estimate of drug-likeness (QED) is 0.367. The molecule has 8 nitrogen and oxygen atoms in total. The van der Waals surface area contributed by atoms with E-state index in [1.54, 1.807) is 29.9 Å². The Morgan fingerprint density at radius 2 is 2.10 bits per heavy atom. The second kappa shape index (κ2) is 7.31. The van der Waals surface area contributed by atoms with E-state index in [1.165, 1.54) is 23.4 Å². The van der Waals surface area contributed by atoms with Crippen LogP contribution in [0.15, 0.2) is 54.9 Å². The van der Waals surface area contributed by atoms with Crippen LogP contribution >= 0.6 is 0 Å². The van der Waals surface area contributed by atoms with Gasteiger partial charge in [0.2, 0.25) is 5.78 Å². The number of benzene rings is 2. The molecule has 1 atom stereocenters. The monoisotopic (exact) mass is 418 g/mol. The molecule has 1 aliphatic carbocycles. The Morgan fingerprint density at radius 1 is 1.26 bits per heavy atom. The summed E-state index contributed by atoms with van der Waals surface area (Å²) in [5, 5.41) is 11.9. The molecule has 1 saturated heterocycles. The molecule has 0 bridgehead atoms. The Hall–Kier alpha value is -3.52. The number of hydrogen-bond donors (Lipinski definition) is 0. The van der Waals surface area contributed by atoms with Crippen LogP contribution in [0.3, 0.4) is 0 Å². The minimum Gasteiger partial charge on any atom is -0.367 e. The number of nitro groups is 1. The number of ketones is 1. The molecule has 31 heavy (non-hydrogen) atoms. The van der Waals surface area contributed by atoms with Gasteiger partial charge in [-0.05, 0) is 36.1 Å². The molecule has 2 aliphatic rings. The minimum atomic E-state index is -0.454. The first kappa shape index (κ1) is 19.4. The average molecular weight is 418 g/mol. The summed E-state index contributed by atoms with van der Waals surface area (Å²) >= 11 is 0. The number of carbonyl (C=O) groups is 1. The second-order valence-corrected chi connectivity index (χ2v) is 8.07. The van der Waals surface area contributed by atoms with Crippen molar-refractivity contribution in [2.24, 2.45) is 7.05 Å². The maximum Gasteiger partial charge on any atom is 0.293 e. The van der Waals surface area contributed by atoms with Crippen molar-refractivity contribution in [1.29, 1.82) is 0 Å². The lowest BCUT2D eigenvalue weighted by atomic mass is 9.93. The number of fused-ring (bicyclic) bond motifs is 2. The molecule has 2 aromatic carbocycles. The summed E-state index contributed by atoms with van der Waals surface area (Å²) in [6.07, 6.45) is 4.99. The zero-order chi connectivity index (χ0) is 21.6. The van der Waals surface area contributed by atoms with Gasteiger partial charge in [-0.15, -0.1) is 0 Å². The zero-order valence-electron chi connectivity index (χ0n) is 17.2. The highest BCUT2D eigenvalue weighted by atomic mass is 16.6. The van der Waals surface area contributed by atoms with E-state index in [4.69, 9.17) is 4.74 Å². The van der Waals surface area contributed by atoms with Gasteiger partial charge in [0.05, 0.1) is 18.1 Å². The zero-order valence-corrected chi connectivity index (χ0v) is 17.2. The largest absolute Gasteiger partial charge is 0.367 e. The van der Waals surface area contributed by atoms with Gasteiger partial charge in [-0.25, -0.2) is 4.98 Å². The van der Waals surface area contributed by atoms with E-state index in [-0.39, 0.29) is 22.9 Å². The molecule has 1 spiro atoms. The first-order valence-corrected chi connectivity index (χ1v) is 10.3. The van der Waals surface area contributed by atoms with Gasteiger partial charge in [-0.3, -0.25) is 14.9 Å². The Morgan fingerprint density at radius 3 is 2.87 bits per heavy atom. The highest BCUT2D eigenvalue weighted by Gasteiger charge is 2.44. The van der Waals surface area contributed by atoms with Gasteiger partial charge in [0.25, 0.3) is 5.69 Å². The second-order valence-electron chi connectivity index (χ2n) is 8.07. The lowest BCUT2D eigenvalue weighted by Gasteiger charge is -2.42. The van der Waals surface area contributed by atoms with Crippen LogP contribution in [-0.2, 0) is 23.8 Å². The van der Waals surface area contributed by atoms with Gasteiger partial charge in [0.15, 0.2) is 5.82 Å². The van der Waals surface area contributed by atoms with Crippen molar-refractivity contribution in [3.63, 3.8) is 0 Å². The molecule has 3 aromatic rings. The summed E-state index contributed by atoms with van der Waals surface area (Å²) in [4.78, 5) is 30.4. The fourth-order valence-corrected chi connectivity index (χ4v) is 4.75. The minimum absolute atomic E-state index is 0.0802. The van der Waals surface area contributed by atoms with Crippen molar-refractivity contribution in [2.45, 2.75) is 18.4 Å². The van der Waals surface area contributed by atoms with E-state index in [2.05, 4.69) is 17.1 Å². The third kappa shape index (κ3) is 3.19. The molecule has 158 valence electrons. The summed E-state index contributed by atoms with van der Waals surface area (Å²) < 4.78 is 7.85. The van der Waals surface area contributed by atoms with E-state index in [0.717, 1.165) is 12.8 Å². The Bertz CT molecular complexity index is 1180. The number of carbonyl (C=O) groups excluding carboxylic acids is 1. The third-order valence-corrected chi connectivity index (χ3v) is 6.29. The van der Waals surface area contributed by atoms with Crippen molar-refractivity contribution in [1.82, 2.24) is 9.55 Å². The fourth-order valence-electron chi connectivity index (χ4n) is 4.75. The maximum absolute atomic E-state index is 12.8. The lowest BCUT2D eigenvalue weighted by molar-refractivity contribution is -0.384. The first-order valence-electron chi connectivity index (χ1n) is 10.3. The molecule has 8 heteroatoms. The number of hydrogen-bond acceptors (Lipinski definition) is 6. The molecule has 5 rings (SSSR count). The van der Waals surface area contributed by atoms with Gasteiger partial charge < -0.3 is 14.2 Å². The molecule has 1 aromatic heterocycles. The highest BCUT2D eigenvalue weighted by molar-refractivity contribution is 6.07. The van der Waals surface area contributed by atoms with Crippen molar-refractivity contribution >= 4 is 17.2 Å². The number of imidazole rings is 1. The predicted molar refractivity (Wildman–Crippen MR) is 114 cm³/mol. The lowest BCUT2D eigenvalue weighted by Crippen LogP contribution is -2.49. The summed E-state index contributed by atoms with van der Waals surface area (Å²) in [5.41, 5.74) is 2.67. The number of ether oxygens (including phenoxy) is 1. The number of morpholine rings is 1. The summed E-state index contributed by atoms with van der Waals surface area (Å²) in [6.45, 7) is 1.58. The number of anilines is 1. The van der Waals surface area contributed by atoms with Crippen molar-refractivity contribution in [2.75, 3.05) is 24.6 Å². The first-order chi connectivity index (χ1) is 15.0. The third-order valence-electron chi connectivity index (χ3n) is 6.29. The van der Waals surface area contributed by atoms with Gasteiger partial charge in [-0.2, -0.15) is 0 Å². The summed E-state index contributed by atoms with van der Waals surface area (Å²) in [6, 6.07) is 12.9. The Kier molecular flexibility index (Phi) is 4.59. The van der Waals surface area contributed by atoms with Crippen LogP contribution in [0, 0.1) is 10.1 Å². The molecule has 1 fully saturated rings. The van der Waals surface area contributed by atoms with Crippen molar-refractivity contribution in [3.05, 3.63) is 87.5 Å².